The van der Waals surface area contributed by atoms with Crippen molar-refractivity contribution in [1.82, 2.24) is 5.32 Å². The van der Waals surface area contributed by atoms with Crippen LogP contribution >= 0.6 is 0 Å². The lowest BCUT2D eigenvalue weighted by atomic mass is 9.71. The maximum absolute atomic E-state index is 13.9. The molecule has 1 saturated heterocycles. The summed E-state index contributed by atoms with van der Waals surface area (Å²) in [6.45, 7) is 2.92. The number of rotatable bonds is 6. The minimum Gasteiger partial charge on any atom is -0.459 e. The van der Waals surface area contributed by atoms with Crippen molar-refractivity contribution in [3.05, 3.63) is 76.1 Å². The summed E-state index contributed by atoms with van der Waals surface area (Å²) in [6.07, 6.45) is 2.81. The van der Waals surface area contributed by atoms with Gasteiger partial charge < -0.3 is 29.2 Å². The number of carbonyl (C=O) groups excluding carboxylic acids is 2. The third-order valence-corrected chi connectivity index (χ3v) is 8.08. The van der Waals surface area contributed by atoms with Crippen LogP contribution in [0.25, 0.3) is 0 Å². The molecule has 8 nitrogen and oxygen atoms in total. The van der Waals surface area contributed by atoms with Crippen molar-refractivity contribution in [2.24, 2.45) is 0 Å². The Balaban J connectivity index is 1.34. The lowest BCUT2D eigenvalue weighted by molar-refractivity contribution is -0.142. The van der Waals surface area contributed by atoms with Crippen molar-refractivity contribution in [2.75, 3.05) is 39.0 Å². The summed E-state index contributed by atoms with van der Waals surface area (Å²) in [6, 6.07) is 14.0. The highest BCUT2D eigenvalue weighted by Crippen LogP contribution is 2.47. The number of allylic oxidation sites excluding steroid dienone is 3. The van der Waals surface area contributed by atoms with Gasteiger partial charge in [-0.15, -0.1) is 0 Å². The van der Waals surface area contributed by atoms with E-state index in [1.54, 1.807) is 0 Å². The van der Waals surface area contributed by atoms with Gasteiger partial charge in [0.05, 0.1) is 11.7 Å². The SMILES string of the molecule is CC1=C(C(=O)OC[C@@H]2CCCO2)[C@@H](c2ccc3c(c2)OCO3)C2=C(C[C@@H](c3ccc(N(C)C)cc3)CC2=O)N1. The van der Waals surface area contributed by atoms with Crippen LogP contribution in [0.1, 0.15) is 55.6 Å². The highest BCUT2D eigenvalue weighted by molar-refractivity contribution is 6.04. The van der Waals surface area contributed by atoms with Gasteiger partial charge in [-0.1, -0.05) is 18.2 Å². The minimum atomic E-state index is -0.558. The van der Waals surface area contributed by atoms with Crippen molar-refractivity contribution >= 4 is 17.4 Å². The molecule has 0 bridgehead atoms. The van der Waals surface area contributed by atoms with Crippen LogP contribution in [0.5, 0.6) is 11.5 Å². The second kappa shape index (κ2) is 10.4. The number of nitrogens with zero attached hydrogens (tertiary/aromatic N) is 1. The number of ether oxygens (including phenoxy) is 4. The maximum Gasteiger partial charge on any atom is 0.336 e. The molecule has 3 heterocycles. The standard InChI is InChI=1S/C31H34N2O6/c1-18-28(31(35)37-16-23-5-4-12-36-23)29(20-8-11-26-27(15-20)39-17-38-26)30-24(32-18)13-21(14-25(30)34)19-6-9-22(10-7-19)33(2)3/h6-11,15,21,23,29,32H,4-5,12-14,16-17H2,1-3H3/t21-,23+,29-/m1/s1. The molecule has 6 rings (SSSR count). The van der Waals surface area contributed by atoms with E-state index in [0.717, 1.165) is 35.4 Å². The van der Waals surface area contributed by atoms with Crippen LogP contribution in [0.4, 0.5) is 5.69 Å². The quantitative estimate of drug-likeness (QED) is 0.544. The lowest BCUT2D eigenvalue weighted by Crippen LogP contribution is -2.36. The van der Waals surface area contributed by atoms with Gasteiger partial charge >= 0.3 is 5.97 Å². The smallest absolute Gasteiger partial charge is 0.336 e. The number of esters is 1. The Hall–Kier alpha value is -3.78. The van der Waals surface area contributed by atoms with Gasteiger partial charge in [0.25, 0.3) is 0 Å². The molecule has 1 aliphatic carbocycles. The van der Waals surface area contributed by atoms with Gasteiger partial charge in [-0.25, -0.2) is 4.79 Å². The van der Waals surface area contributed by atoms with E-state index in [0.29, 0.717) is 47.8 Å². The fourth-order valence-electron chi connectivity index (χ4n) is 6.04. The van der Waals surface area contributed by atoms with Gasteiger partial charge in [-0.3, -0.25) is 4.79 Å². The van der Waals surface area contributed by atoms with E-state index in [2.05, 4.69) is 34.5 Å². The molecule has 1 fully saturated rings. The van der Waals surface area contributed by atoms with Crippen molar-refractivity contribution in [1.29, 1.82) is 0 Å². The van der Waals surface area contributed by atoms with E-state index >= 15 is 0 Å². The second-order valence-corrected chi connectivity index (χ2v) is 10.8. The molecule has 1 N–H and O–H groups in total. The molecule has 4 aliphatic rings. The first kappa shape index (κ1) is 25.5. The number of benzene rings is 2. The van der Waals surface area contributed by atoms with Crippen LogP contribution in [0.15, 0.2) is 65.0 Å². The Morgan fingerprint density at radius 3 is 2.56 bits per heavy atom. The Morgan fingerprint density at radius 1 is 1.05 bits per heavy atom. The Bertz CT molecular complexity index is 1350. The zero-order valence-electron chi connectivity index (χ0n) is 22.6. The molecule has 3 atom stereocenters. The van der Waals surface area contributed by atoms with E-state index < -0.39 is 11.9 Å². The van der Waals surface area contributed by atoms with Crippen molar-refractivity contribution in [2.45, 2.75) is 50.5 Å². The number of ketones is 1. The number of Topliss-reactive ketones (excluding diaryl/α,β-unsaturated/α-hetero) is 1. The summed E-state index contributed by atoms with van der Waals surface area (Å²) in [5, 5.41) is 3.43. The molecule has 2 aromatic carbocycles. The van der Waals surface area contributed by atoms with Crippen molar-refractivity contribution < 1.29 is 28.5 Å². The third kappa shape index (κ3) is 4.89. The summed E-state index contributed by atoms with van der Waals surface area (Å²) in [4.78, 5) is 29.5. The monoisotopic (exact) mass is 530 g/mol. The van der Waals surface area contributed by atoms with E-state index in [1.807, 2.05) is 39.2 Å². The fourth-order valence-corrected chi connectivity index (χ4v) is 6.04. The molecular formula is C31H34N2O6. The Morgan fingerprint density at radius 2 is 1.82 bits per heavy atom. The largest absolute Gasteiger partial charge is 0.459 e. The molecule has 39 heavy (non-hydrogen) atoms. The first-order valence-electron chi connectivity index (χ1n) is 13.6. The maximum atomic E-state index is 13.9. The number of carbonyl (C=O) groups is 2. The highest BCUT2D eigenvalue weighted by Gasteiger charge is 2.42. The molecule has 2 aromatic rings. The first-order valence-corrected chi connectivity index (χ1v) is 13.6. The van der Waals surface area contributed by atoms with Gasteiger partial charge in [-0.05, 0) is 67.5 Å². The van der Waals surface area contributed by atoms with Crippen molar-refractivity contribution in [3.8, 4) is 11.5 Å². The van der Waals surface area contributed by atoms with Crippen molar-refractivity contribution in [3.63, 3.8) is 0 Å². The second-order valence-electron chi connectivity index (χ2n) is 10.8. The normalized spacial score (nSPS) is 24.0. The number of anilines is 1. The topological polar surface area (TPSA) is 86.3 Å². The third-order valence-electron chi connectivity index (χ3n) is 8.08. The first-order chi connectivity index (χ1) is 18.9. The summed E-state index contributed by atoms with van der Waals surface area (Å²) < 4.78 is 22.6. The summed E-state index contributed by atoms with van der Waals surface area (Å²) in [7, 11) is 4.02. The van der Waals surface area contributed by atoms with Crippen LogP contribution < -0.4 is 19.7 Å². The molecule has 204 valence electrons. The molecule has 0 aromatic heterocycles. The van der Waals surface area contributed by atoms with E-state index in [4.69, 9.17) is 18.9 Å². The minimum absolute atomic E-state index is 0.0324. The summed E-state index contributed by atoms with van der Waals surface area (Å²) in [5.41, 5.74) is 5.69. The number of hydrogen-bond acceptors (Lipinski definition) is 8. The van der Waals surface area contributed by atoms with Gasteiger partial charge in [0.1, 0.15) is 6.61 Å². The molecule has 8 heteroatoms. The van der Waals surface area contributed by atoms with Gasteiger partial charge in [0.15, 0.2) is 17.3 Å². The number of hydrogen-bond donors (Lipinski definition) is 1. The summed E-state index contributed by atoms with van der Waals surface area (Å²) >= 11 is 0. The lowest BCUT2D eigenvalue weighted by Gasteiger charge is -2.37. The summed E-state index contributed by atoms with van der Waals surface area (Å²) in [5.74, 6) is 0.362. The van der Waals surface area contributed by atoms with E-state index in [9.17, 15) is 9.59 Å². The average molecular weight is 531 g/mol. The Labute approximate surface area is 228 Å². The predicted molar refractivity (Wildman–Crippen MR) is 146 cm³/mol. The van der Waals surface area contributed by atoms with Crippen LogP contribution in [0.3, 0.4) is 0 Å². The van der Waals surface area contributed by atoms with Crippen LogP contribution in [-0.4, -0.2) is 52.0 Å². The molecule has 0 radical (unpaired) electrons. The average Bonchev–Trinajstić information content (AvgIpc) is 3.62. The van der Waals surface area contributed by atoms with Crippen LogP contribution in [0.2, 0.25) is 0 Å². The zero-order chi connectivity index (χ0) is 27.1. The van der Waals surface area contributed by atoms with Gasteiger partial charge in [0, 0.05) is 55.7 Å². The number of dihydropyridines is 1. The predicted octanol–water partition coefficient (Wildman–Crippen LogP) is 4.57. The number of fused-ring (bicyclic) bond motifs is 1. The molecule has 0 spiro atoms. The van der Waals surface area contributed by atoms with Gasteiger partial charge in [-0.2, -0.15) is 0 Å². The highest BCUT2D eigenvalue weighted by atomic mass is 16.7. The molecule has 0 amide bonds. The molecule has 3 aliphatic heterocycles. The Kier molecular flexibility index (Phi) is 6.81. The zero-order valence-corrected chi connectivity index (χ0v) is 22.6. The molecule has 0 saturated carbocycles. The fraction of sp³-hybridized carbons (Fsp3) is 0.419. The van der Waals surface area contributed by atoms with Crippen LogP contribution in [0, 0.1) is 0 Å². The van der Waals surface area contributed by atoms with Gasteiger partial charge in [0.2, 0.25) is 6.79 Å². The van der Waals surface area contributed by atoms with E-state index in [1.165, 1.54) is 0 Å². The number of nitrogens with one attached hydrogen (secondary N) is 1. The molecular weight excluding hydrogens is 496 g/mol. The van der Waals surface area contributed by atoms with E-state index in [-0.39, 0.29) is 31.2 Å². The van der Waals surface area contributed by atoms with Crippen LogP contribution in [-0.2, 0) is 19.1 Å². The molecule has 0 unspecified atom stereocenters.